The van der Waals surface area contributed by atoms with Gasteiger partial charge in [-0.2, -0.15) is 9.97 Å². The van der Waals surface area contributed by atoms with Crippen LogP contribution in [0.3, 0.4) is 0 Å². The molecule has 0 unspecified atom stereocenters. The monoisotopic (exact) mass is 273 g/mol. The standard InChI is InChI=1S/C15H19N3O2/c1-4-19-14-8-11(2)17-15(18-14)20-13-7-5-6-12(9-13)10-16-3/h5-9,16H,4,10H2,1-3H3. The van der Waals surface area contributed by atoms with Crippen LogP contribution in [0.25, 0.3) is 0 Å². The number of aryl methyl sites for hydroxylation is 1. The van der Waals surface area contributed by atoms with Gasteiger partial charge < -0.3 is 14.8 Å². The van der Waals surface area contributed by atoms with Gasteiger partial charge in [0.15, 0.2) is 0 Å². The van der Waals surface area contributed by atoms with Crippen molar-refractivity contribution in [3.05, 3.63) is 41.6 Å². The maximum absolute atomic E-state index is 5.70. The van der Waals surface area contributed by atoms with Crippen molar-refractivity contribution >= 4 is 0 Å². The molecule has 0 radical (unpaired) electrons. The third kappa shape index (κ3) is 3.93. The minimum Gasteiger partial charge on any atom is -0.478 e. The SMILES string of the molecule is CCOc1cc(C)nc(Oc2cccc(CNC)c2)n1. The van der Waals surface area contributed by atoms with Crippen molar-refractivity contribution in [2.45, 2.75) is 20.4 Å². The molecule has 2 aromatic rings. The summed E-state index contributed by atoms with van der Waals surface area (Å²) < 4.78 is 11.1. The van der Waals surface area contributed by atoms with E-state index in [1.807, 2.05) is 45.2 Å². The summed E-state index contributed by atoms with van der Waals surface area (Å²) in [6, 6.07) is 9.91. The molecule has 20 heavy (non-hydrogen) atoms. The van der Waals surface area contributed by atoms with Crippen LogP contribution in [-0.4, -0.2) is 23.6 Å². The van der Waals surface area contributed by atoms with Gasteiger partial charge in [-0.1, -0.05) is 12.1 Å². The van der Waals surface area contributed by atoms with Gasteiger partial charge in [-0.25, -0.2) is 0 Å². The number of nitrogens with one attached hydrogen (secondary N) is 1. The van der Waals surface area contributed by atoms with E-state index in [1.54, 1.807) is 6.07 Å². The van der Waals surface area contributed by atoms with Crippen molar-refractivity contribution in [2.24, 2.45) is 0 Å². The highest BCUT2D eigenvalue weighted by Gasteiger charge is 2.06. The third-order valence-corrected chi connectivity index (χ3v) is 2.59. The van der Waals surface area contributed by atoms with Crippen LogP contribution < -0.4 is 14.8 Å². The van der Waals surface area contributed by atoms with E-state index in [-0.39, 0.29) is 0 Å². The molecule has 106 valence electrons. The lowest BCUT2D eigenvalue weighted by Crippen LogP contribution is -2.05. The lowest BCUT2D eigenvalue weighted by Gasteiger charge is -2.08. The van der Waals surface area contributed by atoms with E-state index < -0.39 is 0 Å². The number of rotatable bonds is 6. The molecule has 0 amide bonds. The molecule has 1 heterocycles. The van der Waals surface area contributed by atoms with E-state index in [0.29, 0.717) is 24.2 Å². The van der Waals surface area contributed by atoms with Crippen molar-refractivity contribution < 1.29 is 9.47 Å². The minimum atomic E-state index is 0.301. The van der Waals surface area contributed by atoms with Crippen molar-refractivity contribution in [3.8, 4) is 17.6 Å². The van der Waals surface area contributed by atoms with E-state index in [9.17, 15) is 0 Å². The van der Waals surface area contributed by atoms with Gasteiger partial charge in [-0.15, -0.1) is 0 Å². The van der Waals surface area contributed by atoms with E-state index in [0.717, 1.165) is 17.8 Å². The molecule has 0 aliphatic rings. The van der Waals surface area contributed by atoms with Gasteiger partial charge in [0.05, 0.1) is 6.61 Å². The first-order chi connectivity index (χ1) is 9.71. The second-order valence-corrected chi connectivity index (χ2v) is 4.34. The number of nitrogens with zero attached hydrogens (tertiary/aromatic N) is 2. The van der Waals surface area contributed by atoms with Crippen molar-refractivity contribution in [1.82, 2.24) is 15.3 Å². The topological polar surface area (TPSA) is 56.3 Å². The van der Waals surface area contributed by atoms with Crippen LogP contribution in [0, 0.1) is 6.92 Å². The Hall–Kier alpha value is -2.14. The third-order valence-electron chi connectivity index (χ3n) is 2.59. The molecule has 0 saturated heterocycles. The zero-order valence-electron chi connectivity index (χ0n) is 12.0. The smallest absolute Gasteiger partial charge is 0.325 e. The van der Waals surface area contributed by atoms with Gasteiger partial charge in [-0.05, 0) is 38.6 Å². The molecular weight excluding hydrogens is 254 g/mol. The highest BCUT2D eigenvalue weighted by atomic mass is 16.5. The summed E-state index contributed by atoms with van der Waals surface area (Å²) in [7, 11) is 1.91. The molecule has 5 heteroatoms. The Balaban J connectivity index is 2.18. The molecule has 2 rings (SSSR count). The fraction of sp³-hybridized carbons (Fsp3) is 0.333. The number of benzene rings is 1. The lowest BCUT2D eigenvalue weighted by atomic mass is 10.2. The summed E-state index contributed by atoms with van der Waals surface area (Å²) >= 11 is 0. The molecule has 5 nitrogen and oxygen atoms in total. The summed E-state index contributed by atoms with van der Waals surface area (Å²) in [6.45, 7) is 5.15. The summed E-state index contributed by atoms with van der Waals surface area (Å²) in [5.74, 6) is 1.24. The number of aromatic nitrogens is 2. The lowest BCUT2D eigenvalue weighted by molar-refractivity contribution is 0.317. The molecule has 0 saturated carbocycles. The van der Waals surface area contributed by atoms with Crippen LogP contribution >= 0.6 is 0 Å². The zero-order chi connectivity index (χ0) is 14.4. The molecule has 0 bridgehead atoms. The second kappa shape index (κ2) is 6.86. The van der Waals surface area contributed by atoms with Gasteiger partial charge in [0.1, 0.15) is 5.75 Å². The van der Waals surface area contributed by atoms with Gasteiger partial charge in [0.25, 0.3) is 0 Å². The van der Waals surface area contributed by atoms with E-state index in [4.69, 9.17) is 9.47 Å². The molecule has 0 aliphatic carbocycles. The largest absolute Gasteiger partial charge is 0.478 e. The summed E-state index contributed by atoms with van der Waals surface area (Å²) in [5.41, 5.74) is 1.95. The van der Waals surface area contributed by atoms with Gasteiger partial charge in [-0.3, -0.25) is 0 Å². The Morgan fingerprint density at radius 2 is 2.05 bits per heavy atom. The maximum atomic E-state index is 5.70. The second-order valence-electron chi connectivity index (χ2n) is 4.34. The molecule has 1 N–H and O–H groups in total. The zero-order valence-corrected chi connectivity index (χ0v) is 12.0. The van der Waals surface area contributed by atoms with Crippen LogP contribution in [0.2, 0.25) is 0 Å². The van der Waals surface area contributed by atoms with E-state index in [2.05, 4.69) is 15.3 Å². The Kier molecular flexibility index (Phi) is 4.90. The molecule has 1 aromatic heterocycles. The minimum absolute atomic E-state index is 0.301. The Morgan fingerprint density at radius 3 is 2.80 bits per heavy atom. The fourth-order valence-electron chi connectivity index (χ4n) is 1.81. The molecule has 0 spiro atoms. The molecular formula is C15H19N3O2. The van der Waals surface area contributed by atoms with Gasteiger partial charge in [0, 0.05) is 18.3 Å². The first kappa shape index (κ1) is 14.3. The van der Waals surface area contributed by atoms with Gasteiger partial charge in [0.2, 0.25) is 5.88 Å². The maximum Gasteiger partial charge on any atom is 0.325 e. The van der Waals surface area contributed by atoms with Crippen LogP contribution in [0.5, 0.6) is 17.6 Å². The van der Waals surface area contributed by atoms with Crippen molar-refractivity contribution in [1.29, 1.82) is 0 Å². The predicted octanol–water partition coefficient (Wildman–Crippen LogP) is 2.70. The highest BCUT2D eigenvalue weighted by Crippen LogP contribution is 2.21. The fourth-order valence-corrected chi connectivity index (χ4v) is 1.81. The number of ether oxygens (including phenoxy) is 2. The Morgan fingerprint density at radius 1 is 1.20 bits per heavy atom. The van der Waals surface area contributed by atoms with Crippen LogP contribution in [0.1, 0.15) is 18.2 Å². The average Bonchev–Trinajstić information content (AvgIpc) is 2.39. The first-order valence-corrected chi connectivity index (χ1v) is 6.61. The molecule has 0 aliphatic heterocycles. The van der Waals surface area contributed by atoms with Crippen LogP contribution in [-0.2, 0) is 6.54 Å². The number of hydrogen-bond acceptors (Lipinski definition) is 5. The highest BCUT2D eigenvalue weighted by molar-refractivity contribution is 5.31. The van der Waals surface area contributed by atoms with Crippen molar-refractivity contribution in [3.63, 3.8) is 0 Å². The summed E-state index contributed by atoms with van der Waals surface area (Å²) in [4.78, 5) is 8.48. The molecule has 0 atom stereocenters. The predicted molar refractivity (Wildman–Crippen MR) is 77.2 cm³/mol. The average molecular weight is 273 g/mol. The van der Waals surface area contributed by atoms with Gasteiger partial charge >= 0.3 is 6.01 Å². The summed E-state index contributed by atoms with van der Waals surface area (Å²) in [6.07, 6.45) is 0. The molecule has 0 fully saturated rings. The first-order valence-electron chi connectivity index (χ1n) is 6.61. The van der Waals surface area contributed by atoms with Crippen molar-refractivity contribution in [2.75, 3.05) is 13.7 Å². The quantitative estimate of drug-likeness (QED) is 0.877. The Labute approximate surface area is 119 Å². The Bertz CT molecular complexity index is 573. The van der Waals surface area contributed by atoms with Crippen LogP contribution in [0.4, 0.5) is 0 Å². The van der Waals surface area contributed by atoms with E-state index >= 15 is 0 Å². The normalized spacial score (nSPS) is 10.3. The number of hydrogen-bond donors (Lipinski definition) is 1. The molecule has 1 aromatic carbocycles. The van der Waals surface area contributed by atoms with E-state index in [1.165, 1.54) is 0 Å². The van der Waals surface area contributed by atoms with Crippen LogP contribution in [0.15, 0.2) is 30.3 Å². The summed E-state index contributed by atoms with van der Waals surface area (Å²) in [5, 5.41) is 3.10.